The lowest BCUT2D eigenvalue weighted by Crippen LogP contribution is -2.20. The lowest BCUT2D eigenvalue weighted by Gasteiger charge is -2.23. The van der Waals surface area contributed by atoms with Gasteiger partial charge in [-0.25, -0.2) is 0 Å². The molecule has 0 atom stereocenters. The molecule has 0 aromatic heterocycles. The Kier molecular flexibility index (Phi) is 3.87. The Labute approximate surface area is 101 Å². The van der Waals surface area contributed by atoms with Crippen LogP contribution >= 0.6 is 7.60 Å². The predicted molar refractivity (Wildman–Crippen MR) is 65.6 cm³/mol. The van der Waals surface area contributed by atoms with Gasteiger partial charge in [-0.05, 0) is 43.9 Å². The van der Waals surface area contributed by atoms with Crippen LogP contribution in [0.15, 0.2) is 24.3 Å². The SMILES string of the molecule is O=P(O)(O)c1cccc(OC2CCCCC2)c1. The fraction of sp³-hybridized carbons (Fsp3) is 0.500. The molecule has 0 spiro atoms. The quantitative estimate of drug-likeness (QED) is 0.813. The average Bonchev–Trinajstić information content (AvgIpc) is 2.29. The fourth-order valence-corrected chi connectivity index (χ4v) is 2.69. The second-order valence-corrected chi connectivity index (χ2v) is 6.02. The van der Waals surface area contributed by atoms with Gasteiger partial charge in [-0.1, -0.05) is 12.5 Å². The van der Waals surface area contributed by atoms with Crippen LogP contribution in [0.4, 0.5) is 0 Å². The van der Waals surface area contributed by atoms with Crippen molar-refractivity contribution in [1.29, 1.82) is 0 Å². The van der Waals surface area contributed by atoms with Crippen molar-refractivity contribution in [3.8, 4) is 5.75 Å². The van der Waals surface area contributed by atoms with Crippen LogP contribution in [0.5, 0.6) is 5.75 Å². The van der Waals surface area contributed by atoms with Crippen molar-refractivity contribution < 1.29 is 19.1 Å². The van der Waals surface area contributed by atoms with Crippen molar-refractivity contribution >= 4 is 12.9 Å². The summed E-state index contributed by atoms with van der Waals surface area (Å²) in [6.45, 7) is 0. The maximum atomic E-state index is 11.1. The second-order valence-electron chi connectivity index (χ2n) is 4.42. The third kappa shape index (κ3) is 3.56. The van der Waals surface area contributed by atoms with E-state index in [1.165, 1.54) is 31.4 Å². The van der Waals surface area contributed by atoms with Crippen molar-refractivity contribution in [3.63, 3.8) is 0 Å². The molecule has 2 rings (SSSR count). The monoisotopic (exact) mass is 256 g/mol. The lowest BCUT2D eigenvalue weighted by atomic mass is 9.98. The molecule has 1 aromatic rings. The van der Waals surface area contributed by atoms with Gasteiger partial charge < -0.3 is 14.5 Å². The van der Waals surface area contributed by atoms with Gasteiger partial charge in [0.1, 0.15) is 5.75 Å². The van der Waals surface area contributed by atoms with E-state index in [2.05, 4.69) is 0 Å². The van der Waals surface area contributed by atoms with Gasteiger partial charge in [-0.3, -0.25) is 4.57 Å². The van der Waals surface area contributed by atoms with E-state index in [-0.39, 0.29) is 11.4 Å². The third-order valence-corrected chi connectivity index (χ3v) is 3.96. The van der Waals surface area contributed by atoms with Crippen LogP contribution in [0.3, 0.4) is 0 Å². The number of ether oxygens (including phenoxy) is 1. The van der Waals surface area contributed by atoms with Gasteiger partial charge >= 0.3 is 7.60 Å². The molecule has 0 amide bonds. The highest BCUT2D eigenvalue weighted by Crippen LogP contribution is 2.34. The summed E-state index contributed by atoms with van der Waals surface area (Å²) < 4.78 is 16.9. The van der Waals surface area contributed by atoms with E-state index in [0.717, 1.165) is 12.8 Å². The lowest BCUT2D eigenvalue weighted by molar-refractivity contribution is 0.155. The normalized spacial score (nSPS) is 18.0. The van der Waals surface area contributed by atoms with Gasteiger partial charge in [-0.2, -0.15) is 0 Å². The van der Waals surface area contributed by atoms with Gasteiger partial charge in [0.05, 0.1) is 11.4 Å². The summed E-state index contributed by atoms with van der Waals surface area (Å²) in [5, 5.41) is 0.0193. The molecule has 17 heavy (non-hydrogen) atoms. The maximum Gasteiger partial charge on any atom is 0.356 e. The first-order valence-electron chi connectivity index (χ1n) is 5.88. The molecule has 1 aromatic carbocycles. The van der Waals surface area contributed by atoms with Gasteiger partial charge in [-0.15, -0.1) is 0 Å². The van der Waals surface area contributed by atoms with Crippen LogP contribution in [0, 0.1) is 0 Å². The van der Waals surface area contributed by atoms with E-state index < -0.39 is 7.60 Å². The molecule has 0 saturated heterocycles. The topological polar surface area (TPSA) is 66.8 Å². The van der Waals surface area contributed by atoms with Crippen molar-refractivity contribution in [2.45, 2.75) is 38.2 Å². The fourth-order valence-electron chi connectivity index (χ4n) is 2.11. The minimum Gasteiger partial charge on any atom is -0.490 e. The molecule has 94 valence electrons. The molecule has 1 saturated carbocycles. The van der Waals surface area contributed by atoms with Crippen molar-refractivity contribution in [2.24, 2.45) is 0 Å². The second kappa shape index (κ2) is 5.21. The molecule has 0 bridgehead atoms. The summed E-state index contributed by atoms with van der Waals surface area (Å²) in [4.78, 5) is 18.1. The summed E-state index contributed by atoms with van der Waals surface area (Å²) in [7, 11) is -4.18. The van der Waals surface area contributed by atoms with Crippen LogP contribution in [0.25, 0.3) is 0 Å². The van der Waals surface area contributed by atoms with Crippen molar-refractivity contribution in [3.05, 3.63) is 24.3 Å². The van der Waals surface area contributed by atoms with Crippen LogP contribution in [-0.2, 0) is 4.57 Å². The number of hydrogen-bond acceptors (Lipinski definition) is 2. The summed E-state index contributed by atoms with van der Waals surface area (Å²) in [5.41, 5.74) is 0. The molecule has 0 unspecified atom stereocenters. The Morgan fingerprint density at radius 2 is 1.88 bits per heavy atom. The minimum atomic E-state index is -4.18. The Morgan fingerprint density at radius 3 is 2.53 bits per heavy atom. The molecule has 0 aliphatic heterocycles. The molecule has 1 fully saturated rings. The van der Waals surface area contributed by atoms with Gasteiger partial charge in [0.15, 0.2) is 0 Å². The Morgan fingerprint density at radius 1 is 1.18 bits per heavy atom. The molecule has 0 heterocycles. The number of hydrogen-bond donors (Lipinski definition) is 2. The largest absolute Gasteiger partial charge is 0.490 e. The number of benzene rings is 1. The van der Waals surface area contributed by atoms with Gasteiger partial charge in [0.25, 0.3) is 0 Å². The zero-order chi connectivity index (χ0) is 12.3. The highest BCUT2D eigenvalue weighted by molar-refractivity contribution is 7.60. The smallest absolute Gasteiger partial charge is 0.356 e. The van der Waals surface area contributed by atoms with Gasteiger partial charge in [0.2, 0.25) is 0 Å². The molecule has 1 aliphatic rings. The summed E-state index contributed by atoms with van der Waals surface area (Å²) in [5.74, 6) is 0.553. The van der Waals surface area contributed by atoms with E-state index in [1.54, 1.807) is 12.1 Å². The van der Waals surface area contributed by atoms with Gasteiger partial charge in [0, 0.05) is 0 Å². The van der Waals surface area contributed by atoms with Crippen LogP contribution in [-0.4, -0.2) is 15.9 Å². The molecule has 4 nitrogen and oxygen atoms in total. The number of rotatable bonds is 3. The predicted octanol–water partition coefficient (Wildman–Crippen LogP) is 2.20. The van der Waals surface area contributed by atoms with Crippen molar-refractivity contribution in [2.75, 3.05) is 0 Å². The summed E-state index contributed by atoms with van der Waals surface area (Å²) in [6, 6.07) is 6.23. The van der Waals surface area contributed by atoms with Crippen LogP contribution in [0.1, 0.15) is 32.1 Å². The molecular weight excluding hydrogens is 239 g/mol. The van der Waals surface area contributed by atoms with E-state index in [1.807, 2.05) is 0 Å². The third-order valence-electron chi connectivity index (χ3n) is 3.01. The Balaban J connectivity index is 2.08. The summed E-state index contributed by atoms with van der Waals surface area (Å²) in [6.07, 6.45) is 5.84. The van der Waals surface area contributed by atoms with Crippen molar-refractivity contribution in [1.82, 2.24) is 0 Å². The summed E-state index contributed by atoms with van der Waals surface area (Å²) >= 11 is 0. The highest BCUT2D eigenvalue weighted by atomic mass is 31.2. The minimum absolute atomic E-state index is 0.0193. The zero-order valence-electron chi connectivity index (χ0n) is 9.58. The van der Waals surface area contributed by atoms with E-state index in [4.69, 9.17) is 14.5 Å². The molecule has 2 N–H and O–H groups in total. The molecule has 5 heteroatoms. The maximum absolute atomic E-state index is 11.1. The Bertz CT molecular complexity index is 420. The van der Waals surface area contributed by atoms with Crippen LogP contribution in [0.2, 0.25) is 0 Å². The molecule has 1 aliphatic carbocycles. The first kappa shape index (κ1) is 12.6. The zero-order valence-corrected chi connectivity index (χ0v) is 10.5. The first-order chi connectivity index (χ1) is 8.05. The molecular formula is C12H17O4P. The van der Waals surface area contributed by atoms with E-state index in [0.29, 0.717) is 5.75 Å². The average molecular weight is 256 g/mol. The van der Waals surface area contributed by atoms with E-state index >= 15 is 0 Å². The highest BCUT2D eigenvalue weighted by Gasteiger charge is 2.19. The van der Waals surface area contributed by atoms with Crippen LogP contribution < -0.4 is 10.0 Å². The first-order valence-corrected chi connectivity index (χ1v) is 7.50. The Hall–Kier alpha value is -0.830. The standard InChI is InChI=1S/C12H17O4P/c13-17(14,15)12-8-4-7-11(9-12)16-10-5-2-1-3-6-10/h4,7-10H,1-3,5-6H2,(H2,13,14,15). The van der Waals surface area contributed by atoms with E-state index in [9.17, 15) is 4.57 Å². The molecule has 0 radical (unpaired) electrons.